The second-order valence-corrected chi connectivity index (χ2v) is 16.4. The molecule has 1 atom stereocenters. The Hall–Kier alpha value is -3.72. The number of hydrogen-bond acceptors (Lipinski definition) is 4. The molecule has 3 aromatic rings. The second-order valence-electron chi connectivity index (χ2n) is 14.5. The second kappa shape index (κ2) is 13.4. The molecule has 4 fully saturated rings. The van der Waals surface area contributed by atoms with E-state index in [1.54, 1.807) is 18.2 Å². The van der Waals surface area contributed by atoms with Gasteiger partial charge < -0.3 is 10.2 Å². The number of halogens is 1. The number of hydrogen-bond donors (Lipinski definition) is 1. The van der Waals surface area contributed by atoms with Gasteiger partial charge in [-0.05, 0) is 105 Å². The minimum absolute atomic E-state index is 0.157. The van der Waals surface area contributed by atoms with E-state index < -0.39 is 34.3 Å². The first-order chi connectivity index (χ1) is 22.4. The SMILES string of the molecule is CC(C)NC(=O)C(Cc1ccccc1)N(Cc1ccccc1F)C(=O)CN(c1ccc(C23CC4CC(CC(C4)C2)C3)cc1)S(C)(=O)=O. The summed E-state index contributed by atoms with van der Waals surface area (Å²) in [7, 11) is -3.90. The predicted octanol–water partition coefficient (Wildman–Crippen LogP) is 6.22. The van der Waals surface area contributed by atoms with Crippen LogP contribution in [0, 0.1) is 23.6 Å². The Bertz CT molecular complexity index is 1660. The van der Waals surface area contributed by atoms with Gasteiger partial charge in [0.1, 0.15) is 18.4 Å². The van der Waals surface area contributed by atoms with Gasteiger partial charge in [-0.3, -0.25) is 13.9 Å². The highest BCUT2D eigenvalue weighted by Crippen LogP contribution is 2.60. The van der Waals surface area contributed by atoms with Crippen LogP contribution in [0.4, 0.5) is 10.1 Å². The van der Waals surface area contributed by atoms with Crippen LogP contribution in [0.15, 0.2) is 78.9 Å². The number of sulfonamides is 1. The average Bonchev–Trinajstić information content (AvgIpc) is 3.01. The van der Waals surface area contributed by atoms with E-state index in [0.717, 1.165) is 33.9 Å². The van der Waals surface area contributed by atoms with E-state index in [1.807, 2.05) is 56.3 Å². The fourth-order valence-electron chi connectivity index (χ4n) is 8.80. The van der Waals surface area contributed by atoms with E-state index >= 15 is 0 Å². The first-order valence-electron chi connectivity index (χ1n) is 16.9. The number of nitrogens with one attached hydrogen (secondary N) is 1. The van der Waals surface area contributed by atoms with Gasteiger partial charge in [0.15, 0.2) is 0 Å². The molecule has 9 heteroatoms. The molecule has 47 heavy (non-hydrogen) atoms. The van der Waals surface area contributed by atoms with Crippen molar-refractivity contribution < 1.29 is 22.4 Å². The van der Waals surface area contributed by atoms with Gasteiger partial charge in [0.2, 0.25) is 21.8 Å². The molecule has 0 heterocycles. The fourth-order valence-corrected chi connectivity index (χ4v) is 9.65. The van der Waals surface area contributed by atoms with Crippen LogP contribution in [0.2, 0.25) is 0 Å². The molecule has 0 saturated heterocycles. The molecule has 2 amide bonds. The normalized spacial score (nSPS) is 23.8. The Kier molecular flexibility index (Phi) is 9.47. The van der Waals surface area contributed by atoms with E-state index in [4.69, 9.17) is 0 Å². The summed E-state index contributed by atoms with van der Waals surface area (Å²) in [6, 6.07) is 22.0. The average molecular weight is 660 g/mol. The van der Waals surface area contributed by atoms with Crippen LogP contribution >= 0.6 is 0 Å². The Morgan fingerprint density at radius 2 is 1.45 bits per heavy atom. The molecule has 0 radical (unpaired) electrons. The quantitative estimate of drug-likeness (QED) is 0.250. The highest BCUT2D eigenvalue weighted by molar-refractivity contribution is 7.92. The van der Waals surface area contributed by atoms with E-state index in [9.17, 15) is 22.4 Å². The molecule has 4 aliphatic carbocycles. The highest BCUT2D eigenvalue weighted by atomic mass is 32.2. The lowest BCUT2D eigenvalue weighted by atomic mass is 9.48. The third-order valence-electron chi connectivity index (χ3n) is 10.5. The van der Waals surface area contributed by atoms with Gasteiger partial charge >= 0.3 is 0 Å². The summed E-state index contributed by atoms with van der Waals surface area (Å²) in [4.78, 5) is 29.4. The smallest absolute Gasteiger partial charge is 0.244 e. The summed E-state index contributed by atoms with van der Waals surface area (Å²) >= 11 is 0. The Morgan fingerprint density at radius 1 is 0.872 bits per heavy atom. The van der Waals surface area contributed by atoms with Crippen molar-refractivity contribution in [2.24, 2.45) is 17.8 Å². The zero-order valence-corrected chi connectivity index (χ0v) is 28.4. The van der Waals surface area contributed by atoms with Crippen LogP contribution in [-0.4, -0.2) is 50.0 Å². The van der Waals surface area contributed by atoms with Crippen molar-refractivity contribution in [3.8, 4) is 0 Å². The maximum Gasteiger partial charge on any atom is 0.244 e. The van der Waals surface area contributed by atoms with Crippen molar-refractivity contribution in [2.45, 2.75) is 82.8 Å². The maximum atomic E-state index is 15.0. The lowest BCUT2D eigenvalue weighted by molar-refractivity contribution is -0.140. The molecule has 0 spiro atoms. The van der Waals surface area contributed by atoms with Gasteiger partial charge in [-0.1, -0.05) is 60.7 Å². The van der Waals surface area contributed by atoms with Crippen molar-refractivity contribution >= 4 is 27.5 Å². The van der Waals surface area contributed by atoms with Crippen LogP contribution in [0.1, 0.15) is 69.1 Å². The summed E-state index contributed by atoms with van der Waals surface area (Å²) in [5.74, 6) is 0.853. The number of carbonyl (C=O) groups is 2. The number of amides is 2. The summed E-state index contributed by atoms with van der Waals surface area (Å²) in [6.45, 7) is 2.94. The van der Waals surface area contributed by atoms with Crippen LogP contribution in [0.3, 0.4) is 0 Å². The van der Waals surface area contributed by atoms with Gasteiger partial charge in [-0.2, -0.15) is 0 Å². The van der Waals surface area contributed by atoms with Crippen molar-refractivity contribution in [3.05, 3.63) is 101 Å². The molecule has 4 saturated carbocycles. The van der Waals surface area contributed by atoms with Gasteiger partial charge in [0.05, 0.1) is 11.9 Å². The standard InChI is InChI=1S/C38H46FN3O4S/c1-26(2)40-37(44)35(20-27-9-5-4-6-10-27)41(24-31-11-7-8-12-34(31)39)36(43)25-42(47(3,45)46)33-15-13-32(14-16-33)38-21-28-17-29(22-38)19-30(18-28)23-38/h4-16,26,28-30,35H,17-25H2,1-3H3,(H,40,44). The minimum Gasteiger partial charge on any atom is -0.352 e. The predicted molar refractivity (Wildman–Crippen MR) is 183 cm³/mol. The molecule has 4 bridgehead atoms. The number of benzene rings is 3. The zero-order chi connectivity index (χ0) is 33.3. The Labute approximate surface area is 278 Å². The molecule has 0 aliphatic heterocycles. The third kappa shape index (κ3) is 7.40. The molecule has 1 unspecified atom stereocenters. The molecular weight excluding hydrogens is 614 g/mol. The topological polar surface area (TPSA) is 86.8 Å². The number of anilines is 1. The van der Waals surface area contributed by atoms with E-state index in [0.29, 0.717) is 5.69 Å². The van der Waals surface area contributed by atoms with Crippen LogP contribution in [0.25, 0.3) is 0 Å². The van der Waals surface area contributed by atoms with Crippen LogP contribution in [-0.2, 0) is 38.0 Å². The molecule has 3 aromatic carbocycles. The minimum atomic E-state index is -3.90. The maximum absolute atomic E-state index is 15.0. The van der Waals surface area contributed by atoms with Gasteiger partial charge in [-0.25, -0.2) is 12.8 Å². The lowest BCUT2D eigenvalue weighted by Gasteiger charge is -2.57. The monoisotopic (exact) mass is 659 g/mol. The summed E-state index contributed by atoms with van der Waals surface area (Å²) in [6.07, 6.45) is 8.86. The largest absolute Gasteiger partial charge is 0.352 e. The first kappa shape index (κ1) is 33.2. The van der Waals surface area contributed by atoms with Crippen molar-refractivity contribution in [1.29, 1.82) is 0 Å². The van der Waals surface area contributed by atoms with Gasteiger partial charge in [0.25, 0.3) is 0 Å². The first-order valence-corrected chi connectivity index (χ1v) is 18.7. The molecule has 250 valence electrons. The number of rotatable bonds is 12. The number of nitrogens with zero attached hydrogens (tertiary/aromatic N) is 2. The summed E-state index contributed by atoms with van der Waals surface area (Å²) < 4.78 is 42.6. The van der Waals surface area contributed by atoms with Crippen molar-refractivity contribution in [2.75, 3.05) is 17.1 Å². The Balaban J connectivity index is 1.31. The van der Waals surface area contributed by atoms with E-state index in [-0.39, 0.29) is 35.9 Å². The molecule has 4 aliphatic rings. The van der Waals surface area contributed by atoms with Crippen molar-refractivity contribution in [1.82, 2.24) is 10.2 Å². The fraction of sp³-hybridized carbons (Fsp3) is 0.474. The summed E-state index contributed by atoms with van der Waals surface area (Å²) in [5.41, 5.74) is 2.87. The highest BCUT2D eigenvalue weighted by Gasteiger charge is 2.51. The van der Waals surface area contributed by atoms with Gasteiger partial charge in [-0.15, -0.1) is 0 Å². The lowest BCUT2D eigenvalue weighted by Crippen LogP contribution is -2.54. The van der Waals surface area contributed by atoms with Crippen LogP contribution in [0.5, 0.6) is 0 Å². The third-order valence-corrected chi connectivity index (χ3v) is 11.6. The molecular formula is C38H46FN3O4S. The Morgan fingerprint density at radius 3 is 2.00 bits per heavy atom. The van der Waals surface area contributed by atoms with Crippen molar-refractivity contribution in [3.63, 3.8) is 0 Å². The van der Waals surface area contributed by atoms with E-state index in [2.05, 4.69) is 17.4 Å². The number of carbonyl (C=O) groups excluding carboxylic acids is 2. The van der Waals surface area contributed by atoms with Gasteiger partial charge in [0, 0.05) is 24.6 Å². The van der Waals surface area contributed by atoms with E-state index in [1.165, 1.54) is 55.1 Å². The molecule has 7 nitrogen and oxygen atoms in total. The molecule has 7 rings (SSSR count). The molecule has 0 aromatic heterocycles. The summed E-state index contributed by atoms with van der Waals surface area (Å²) in [5, 5.41) is 2.92. The zero-order valence-electron chi connectivity index (χ0n) is 27.6. The molecule has 1 N–H and O–H groups in total. The van der Waals surface area contributed by atoms with Crippen LogP contribution < -0.4 is 9.62 Å².